The SMILES string of the molecule is Cn1nc(N2CCC(=O)NC2=O)c2ccc(C3CCN(Cc4ccc(-c5cccc(S(=O)(=O)N6CCC(Nc7ncc(Cl)cn7)CC6)c5)nc4)CC3)cc21. The van der Waals surface area contributed by atoms with Crippen LogP contribution in [-0.4, -0.2) is 93.1 Å². The first kappa shape index (κ1) is 36.0. The van der Waals surface area contributed by atoms with Crippen LogP contribution in [0.25, 0.3) is 22.2 Å². The summed E-state index contributed by atoms with van der Waals surface area (Å²) in [5, 5.41) is 11.6. The van der Waals surface area contributed by atoms with E-state index >= 15 is 0 Å². The van der Waals surface area contributed by atoms with Crippen molar-refractivity contribution in [3.05, 3.63) is 89.3 Å². The smallest absolute Gasteiger partial charge is 0.329 e. The Morgan fingerprint density at radius 3 is 2.39 bits per heavy atom. The van der Waals surface area contributed by atoms with Gasteiger partial charge in [-0.05, 0) is 86.1 Å². The van der Waals surface area contributed by atoms with Gasteiger partial charge in [0.2, 0.25) is 21.9 Å². The molecule has 16 heteroatoms. The Balaban J connectivity index is 0.855. The van der Waals surface area contributed by atoms with Crippen LogP contribution in [0, 0.1) is 0 Å². The summed E-state index contributed by atoms with van der Waals surface area (Å²) in [6.45, 7) is 3.79. The van der Waals surface area contributed by atoms with Crippen LogP contribution < -0.4 is 15.5 Å². The number of sulfonamides is 1. The quantitative estimate of drug-likeness (QED) is 0.205. The van der Waals surface area contributed by atoms with Gasteiger partial charge in [0.1, 0.15) is 0 Å². The number of amides is 3. The Labute approximate surface area is 318 Å². The normalized spacial score (nSPS) is 18.3. The predicted molar refractivity (Wildman–Crippen MR) is 206 cm³/mol. The number of halogens is 1. The average molecular weight is 769 g/mol. The van der Waals surface area contributed by atoms with Gasteiger partial charge in [-0.2, -0.15) is 9.40 Å². The highest BCUT2D eigenvalue weighted by Crippen LogP contribution is 2.34. The Morgan fingerprint density at radius 1 is 0.889 bits per heavy atom. The van der Waals surface area contributed by atoms with Crippen LogP contribution in [0.4, 0.5) is 16.6 Å². The van der Waals surface area contributed by atoms with Gasteiger partial charge in [-0.3, -0.25) is 29.6 Å². The van der Waals surface area contributed by atoms with Crippen molar-refractivity contribution in [2.75, 3.05) is 42.9 Å². The third-order valence-corrected chi connectivity index (χ3v) is 12.7. The van der Waals surface area contributed by atoms with Crippen molar-refractivity contribution in [2.45, 2.75) is 55.5 Å². The lowest BCUT2D eigenvalue weighted by Gasteiger charge is -2.32. The number of anilines is 2. The summed E-state index contributed by atoms with van der Waals surface area (Å²) < 4.78 is 30.6. The molecule has 0 radical (unpaired) electrons. The van der Waals surface area contributed by atoms with Crippen LogP contribution in [0.5, 0.6) is 0 Å². The van der Waals surface area contributed by atoms with Crippen LogP contribution in [0.3, 0.4) is 0 Å². The number of imide groups is 1. The number of fused-ring (bicyclic) bond motifs is 1. The van der Waals surface area contributed by atoms with E-state index in [4.69, 9.17) is 16.6 Å². The molecule has 3 aromatic heterocycles. The monoisotopic (exact) mass is 768 g/mol. The molecule has 3 aliphatic rings. The van der Waals surface area contributed by atoms with Crippen molar-refractivity contribution in [1.29, 1.82) is 0 Å². The van der Waals surface area contributed by atoms with Crippen molar-refractivity contribution in [1.82, 2.24) is 39.3 Å². The molecule has 0 unspecified atom stereocenters. The number of hydrogen-bond donors (Lipinski definition) is 2. The van der Waals surface area contributed by atoms with Gasteiger partial charge < -0.3 is 5.32 Å². The first-order chi connectivity index (χ1) is 26.1. The van der Waals surface area contributed by atoms with Gasteiger partial charge in [0.25, 0.3) is 0 Å². The van der Waals surface area contributed by atoms with Crippen LogP contribution >= 0.6 is 11.6 Å². The van der Waals surface area contributed by atoms with E-state index in [2.05, 4.69) is 48.8 Å². The number of urea groups is 1. The highest BCUT2D eigenvalue weighted by atomic mass is 35.5. The minimum Gasteiger partial charge on any atom is -0.351 e. The maximum absolute atomic E-state index is 13.6. The topological polar surface area (TPSA) is 159 Å². The fraction of sp³-hybridized carbons (Fsp3) is 0.368. The van der Waals surface area contributed by atoms with Crippen LogP contribution in [0.1, 0.15) is 49.1 Å². The van der Waals surface area contributed by atoms with Crippen LogP contribution in [0.15, 0.2) is 78.1 Å². The zero-order valence-electron chi connectivity index (χ0n) is 29.9. The average Bonchev–Trinajstić information content (AvgIpc) is 3.51. The Bertz CT molecular complexity index is 2290. The molecule has 8 rings (SSSR count). The fourth-order valence-corrected chi connectivity index (χ4v) is 9.23. The molecule has 3 fully saturated rings. The molecule has 0 spiro atoms. The number of nitrogens with one attached hydrogen (secondary N) is 2. The molecular weight excluding hydrogens is 728 g/mol. The molecule has 2 N–H and O–H groups in total. The molecule has 54 heavy (non-hydrogen) atoms. The minimum atomic E-state index is -3.68. The molecule has 0 bridgehead atoms. The van der Waals surface area contributed by atoms with Gasteiger partial charge >= 0.3 is 6.03 Å². The maximum atomic E-state index is 13.6. The fourth-order valence-electron chi connectivity index (χ4n) is 7.62. The molecule has 3 amide bonds. The number of hydrogen-bond acceptors (Lipinski definition) is 10. The van der Waals surface area contributed by atoms with Gasteiger partial charge in [-0.25, -0.2) is 23.2 Å². The number of aryl methyl sites for hydroxylation is 1. The molecule has 0 aliphatic carbocycles. The van der Waals surface area contributed by atoms with E-state index in [-0.39, 0.29) is 23.3 Å². The number of carbonyl (C=O) groups is 2. The van der Waals surface area contributed by atoms with Gasteiger partial charge in [0, 0.05) is 62.8 Å². The summed E-state index contributed by atoms with van der Waals surface area (Å²) in [4.78, 5) is 41.5. The number of carbonyl (C=O) groups excluding carboxylic acids is 2. The second kappa shape index (κ2) is 15.1. The molecule has 0 atom stereocenters. The number of piperidine rings is 2. The molecule has 6 heterocycles. The Kier molecular flexibility index (Phi) is 10.0. The van der Waals surface area contributed by atoms with Crippen molar-refractivity contribution in [3.8, 4) is 11.3 Å². The van der Waals surface area contributed by atoms with E-state index in [1.165, 1.54) is 22.9 Å². The van der Waals surface area contributed by atoms with Gasteiger partial charge in [-0.15, -0.1) is 0 Å². The van der Waals surface area contributed by atoms with Gasteiger partial charge in [-0.1, -0.05) is 35.9 Å². The summed E-state index contributed by atoms with van der Waals surface area (Å²) in [6.07, 6.45) is 8.52. The predicted octanol–water partition coefficient (Wildman–Crippen LogP) is 5.17. The van der Waals surface area contributed by atoms with Crippen molar-refractivity contribution < 1.29 is 18.0 Å². The lowest BCUT2D eigenvalue weighted by Crippen LogP contribution is -2.49. The van der Waals surface area contributed by atoms with Crippen LogP contribution in [0.2, 0.25) is 5.02 Å². The molecule has 2 aromatic carbocycles. The van der Waals surface area contributed by atoms with E-state index in [1.807, 2.05) is 36.1 Å². The number of aromatic nitrogens is 5. The first-order valence-corrected chi connectivity index (χ1v) is 20.0. The van der Waals surface area contributed by atoms with Gasteiger partial charge in [0.05, 0.1) is 33.5 Å². The highest BCUT2D eigenvalue weighted by molar-refractivity contribution is 7.89. The molecular formula is C38H41ClN10O4S. The van der Waals surface area contributed by atoms with E-state index in [1.54, 1.807) is 22.5 Å². The number of pyridine rings is 1. The standard InChI is InChI=1S/C38H41ClN10O4S/c1-46-34-20-27(6-7-32(34)36(45-46)49-18-13-35(50)44-38(49)51)26-9-14-47(15-10-26)24-25-5-8-33(40-21-25)28-3-2-4-31(19-28)54(52,53)48-16-11-30(12-17-48)43-37-41-22-29(39)23-42-37/h2-8,19-23,26,30H,9-18,24H2,1H3,(H,41,42,43)(H,44,50,51). The zero-order valence-corrected chi connectivity index (χ0v) is 31.4. The Morgan fingerprint density at radius 2 is 1.67 bits per heavy atom. The number of likely N-dealkylation sites (tertiary alicyclic amines) is 1. The van der Waals surface area contributed by atoms with Crippen molar-refractivity contribution in [3.63, 3.8) is 0 Å². The van der Waals surface area contributed by atoms with Crippen molar-refractivity contribution >= 4 is 56.2 Å². The number of nitrogens with zero attached hydrogens (tertiary/aromatic N) is 8. The second-order valence-electron chi connectivity index (χ2n) is 14.2. The number of rotatable bonds is 9. The number of benzene rings is 2. The van der Waals surface area contributed by atoms with Gasteiger partial charge in [0.15, 0.2) is 5.82 Å². The summed E-state index contributed by atoms with van der Waals surface area (Å²) in [5.74, 6) is 1.20. The lowest BCUT2D eigenvalue weighted by molar-refractivity contribution is -0.120. The molecule has 280 valence electrons. The maximum Gasteiger partial charge on any atom is 0.329 e. The molecule has 3 saturated heterocycles. The Hall–Kier alpha value is -4.96. The highest BCUT2D eigenvalue weighted by Gasteiger charge is 2.31. The molecule has 14 nitrogen and oxygen atoms in total. The minimum absolute atomic E-state index is 0.0720. The zero-order chi connectivity index (χ0) is 37.4. The van der Waals surface area contributed by atoms with E-state index in [0.29, 0.717) is 55.2 Å². The molecule has 5 aromatic rings. The summed E-state index contributed by atoms with van der Waals surface area (Å²) in [7, 11) is -1.79. The third-order valence-electron chi connectivity index (χ3n) is 10.6. The third kappa shape index (κ3) is 7.53. The first-order valence-electron chi connectivity index (χ1n) is 18.2. The summed E-state index contributed by atoms with van der Waals surface area (Å²) in [5.41, 5.74) is 4.81. The largest absolute Gasteiger partial charge is 0.351 e. The second-order valence-corrected chi connectivity index (χ2v) is 16.5. The van der Waals surface area contributed by atoms with Crippen LogP contribution in [-0.2, 0) is 28.4 Å². The van der Waals surface area contributed by atoms with E-state index < -0.39 is 16.1 Å². The summed E-state index contributed by atoms with van der Waals surface area (Å²) >= 11 is 5.88. The van der Waals surface area contributed by atoms with E-state index in [9.17, 15) is 18.0 Å². The molecule has 0 saturated carbocycles. The molecule has 3 aliphatic heterocycles. The summed E-state index contributed by atoms with van der Waals surface area (Å²) in [6, 6.07) is 17.1. The lowest BCUT2D eigenvalue weighted by atomic mass is 9.89. The van der Waals surface area contributed by atoms with E-state index in [0.717, 1.165) is 60.2 Å². The van der Waals surface area contributed by atoms with Crippen molar-refractivity contribution in [2.24, 2.45) is 7.05 Å².